The molecule has 0 fully saturated rings. The highest BCUT2D eigenvalue weighted by atomic mass is 127. The van der Waals surface area contributed by atoms with Crippen LogP contribution in [0.2, 0.25) is 0 Å². The number of aryl methyl sites for hydroxylation is 2. The van der Waals surface area contributed by atoms with Gasteiger partial charge in [-0.2, -0.15) is 0 Å². The molecular formula is C16H15IN4. The molecule has 0 amide bonds. The Kier molecular flexibility index (Phi) is 3.92. The number of halogens is 1. The van der Waals surface area contributed by atoms with Crippen LogP contribution in [0.5, 0.6) is 0 Å². The zero-order valence-electron chi connectivity index (χ0n) is 11.8. The van der Waals surface area contributed by atoms with Gasteiger partial charge in [0.05, 0.1) is 5.69 Å². The minimum Gasteiger partial charge on any atom is -0.364 e. The van der Waals surface area contributed by atoms with E-state index in [0.29, 0.717) is 5.95 Å². The summed E-state index contributed by atoms with van der Waals surface area (Å²) in [4.78, 5) is 12.1. The Balaban J connectivity index is 1.92. The molecule has 0 saturated carbocycles. The van der Waals surface area contributed by atoms with E-state index in [2.05, 4.69) is 56.7 Å². The number of benzene rings is 1. The van der Waals surface area contributed by atoms with Crippen LogP contribution in [0, 0.1) is 17.4 Å². The van der Waals surface area contributed by atoms with Crippen molar-refractivity contribution in [3.05, 3.63) is 57.6 Å². The number of nitrogens with one attached hydrogen (secondary N) is 2. The second-order valence-corrected chi connectivity index (χ2v) is 6.11. The maximum Gasteiger partial charge on any atom is 0.227 e. The third kappa shape index (κ3) is 3.07. The number of nitrogens with zero attached hydrogens (tertiary/aromatic N) is 2. The van der Waals surface area contributed by atoms with E-state index >= 15 is 0 Å². The fourth-order valence-electron chi connectivity index (χ4n) is 2.27. The molecule has 1 aromatic carbocycles. The molecular weight excluding hydrogens is 375 g/mol. The van der Waals surface area contributed by atoms with Crippen LogP contribution in [0.3, 0.4) is 0 Å². The summed E-state index contributed by atoms with van der Waals surface area (Å²) >= 11 is 2.28. The van der Waals surface area contributed by atoms with Gasteiger partial charge in [0.2, 0.25) is 5.95 Å². The van der Waals surface area contributed by atoms with Crippen LogP contribution in [0.15, 0.2) is 42.7 Å². The molecule has 0 spiro atoms. The summed E-state index contributed by atoms with van der Waals surface area (Å²) in [6, 6.07) is 10.1. The molecule has 0 aliphatic carbocycles. The van der Waals surface area contributed by atoms with Crippen LogP contribution in [-0.4, -0.2) is 15.0 Å². The van der Waals surface area contributed by atoms with Crippen LogP contribution >= 0.6 is 22.6 Å². The van der Waals surface area contributed by atoms with E-state index < -0.39 is 0 Å². The lowest BCUT2D eigenvalue weighted by molar-refractivity contribution is 1.16. The van der Waals surface area contributed by atoms with Crippen molar-refractivity contribution in [2.45, 2.75) is 13.8 Å². The van der Waals surface area contributed by atoms with Crippen molar-refractivity contribution in [3.63, 3.8) is 0 Å². The highest BCUT2D eigenvalue weighted by Crippen LogP contribution is 2.26. The van der Waals surface area contributed by atoms with E-state index in [9.17, 15) is 0 Å². The number of anilines is 2. The van der Waals surface area contributed by atoms with Gasteiger partial charge in [0.1, 0.15) is 0 Å². The number of aromatic nitrogens is 3. The minimum absolute atomic E-state index is 0.605. The summed E-state index contributed by atoms with van der Waals surface area (Å²) in [6.07, 6.45) is 3.78. The van der Waals surface area contributed by atoms with E-state index in [0.717, 1.165) is 22.6 Å². The monoisotopic (exact) mass is 390 g/mol. The largest absolute Gasteiger partial charge is 0.364 e. The van der Waals surface area contributed by atoms with Gasteiger partial charge in [-0.15, -0.1) is 0 Å². The Morgan fingerprint density at radius 1 is 1.10 bits per heavy atom. The van der Waals surface area contributed by atoms with Crippen molar-refractivity contribution < 1.29 is 0 Å². The molecule has 0 bridgehead atoms. The maximum absolute atomic E-state index is 4.61. The van der Waals surface area contributed by atoms with E-state index in [1.54, 1.807) is 6.20 Å². The molecule has 5 heteroatoms. The molecule has 2 heterocycles. The van der Waals surface area contributed by atoms with E-state index in [1.165, 1.54) is 9.13 Å². The second-order valence-electron chi connectivity index (χ2n) is 4.87. The SMILES string of the molecule is Cc1c[nH]c(C)c1-c1ccnc(Nc2ccc(I)cc2)n1. The normalized spacial score (nSPS) is 10.6. The van der Waals surface area contributed by atoms with Crippen LogP contribution in [-0.2, 0) is 0 Å². The second kappa shape index (κ2) is 5.85. The molecule has 0 aliphatic heterocycles. The standard InChI is InChI=1S/C16H15IN4/c1-10-9-19-11(2)15(10)14-7-8-18-16(21-14)20-13-5-3-12(17)4-6-13/h3-9,19H,1-2H3,(H,18,20,21). The van der Waals surface area contributed by atoms with Crippen LogP contribution < -0.4 is 5.32 Å². The fourth-order valence-corrected chi connectivity index (χ4v) is 2.63. The average molecular weight is 390 g/mol. The number of hydrogen-bond acceptors (Lipinski definition) is 3. The molecule has 0 unspecified atom stereocenters. The summed E-state index contributed by atoms with van der Waals surface area (Å²) in [5, 5.41) is 3.24. The summed E-state index contributed by atoms with van der Waals surface area (Å²) in [5.74, 6) is 0.605. The van der Waals surface area contributed by atoms with Crippen molar-refractivity contribution in [2.75, 3.05) is 5.32 Å². The van der Waals surface area contributed by atoms with Crippen molar-refractivity contribution >= 4 is 34.2 Å². The maximum atomic E-state index is 4.61. The number of hydrogen-bond donors (Lipinski definition) is 2. The fraction of sp³-hybridized carbons (Fsp3) is 0.125. The van der Waals surface area contributed by atoms with E-state index in [1.807, 2.05) is 36.5 Å². The first-order valence-electron chi connectivity index (χ1n) is 6.64. The summed E-state index contributed by atoms with van der Waals surface area (Å²) in [6.45, 7) is 4.13. The lowest BCUT2D eigenvalue weighted by atomic mass is 10.1. The molecule has 21 heavy (non-hydrogen) atoms. The van der Waals surface area contributed by atoms with Crippen molar-refractivity contribution in [2.24, 2.45) is 0 Å². The highest BCUT2D eigenvalue weighted by molar-refractivity contribution is 14.1. The van der Waals surface area contributed by atoms with Gasteiger partial charge in [-0.05, 0) is 72.3 Å². The van der Waals surface area contributed by atoms with Gasteiger partial charge in [-0.1, -0.05) is 0 Å². The van der Waals surface area contributed by atoms with Crippen LogP contribution in [0.25, 0.3) is 11.3 Å². The quantitative estimate of drug-likeness (QED) is 0.651. The Morgan fingerprint density at radius 2 is 1.86 bits per heavy atom. The first-order valence-corrected chi connectivity index (χ1v) is 7.72. The Morgan fingerprint density at radius 3 is 2.52 bits per heavy atom. The smallest absolute Gasteiger partial charge is 0.227 e. The molecule has 0 saturated heterocycles. The third-order valence-electron chi connectivity index (χ3n) is 3.29. The van der Waals surface area contributed by atoms with E-state index in [-0.39, 0.29) is 0 Å². The lowest BCUT2D eigenvalue weighted by Gasteiger charge is -2.07. The van der Waals surface area contributed by atoms with E-state index in [4.69, 9.17) is 0 Å². The Hall–Kier alpha value is -1.89. The van der Waals surface area contributed by atoms with Crippen molar-refractivity contribution in [3.8, 4) is 11.3 Å². The summed E-state index contributed by atoms with van der Waals surface area (Å²) in [5.41, 5.74) is 5.35. The lowest BCUT2D eigenvalue weighted by Crippen LogP contribution is -1.98. The van der Waals surface area contributed by atoms with Gasteiger partial charge in [0.15, 0.2) is 0 Å². The van der Waals surface area contributed by atoms with Crippen LogP contribution in [0.1, 0.15) is 11.3 Å². The topological polar surface area (TPSA) is 53.6 Å². The zero-order valence-corrected chi connectivity index (χ0v) is 14.0. The predicted molar refractivity (Wildman–Crippen MR) is 93.7 cm³/mol. The molecule has 4 nitrogen and oxygen atoms in total. The van der Waals surface area contributed by atoms with Crippen molar-refractivity contribution in [1.29, 1.82) is 0 Å². The van der Waals surface area contributed by atoms with Gasteiger partial charge < -0.3 is 10.3 Å². The van der Waals surface area contributed by atoms with Gasteiger partial charge in [0.25, 0.3) is 0 Å². The van der Waals surface area contributed by atoms with Gasteiger partial charge in [-0.25, -0.2) is 9.97 Å². The Labute approximate surface area is 137 Å². The Bertz CT molecular complexity index is 743. The van der Waals surface area contributed by atoms with Crippen LogP contribution in [0.4, 0.5) is 11.6 Å². The molecule has 106 valence electrons. The van der Waals surface area contributed by atoms with Gasteiger partial charge >= 0.3 is 0 Å². The molecule has 3 aromatic rings. The molecule has 2 N–H and O–H groups in total. The molecule has 2 aromatic heterocycles. The summed E-state index contributed by atoms with van der Waals surface area (Å²) in [7, 11) is 0. The first-order chi connectivity index (χ1) is 10.1. The number of aromatic amines is 1. The number of rotatable bonds is 3. The minimum atomic E-state index is 0.605. The van der Waals surface area contributed by atoms with Gasteiger partial charge in [0, 0.05) is 32.9 Å². The first kappa shape index (κ1) is 14.1. The average Bonchev–Trinajstić information content (AvgIpc) is 2.81. The van der Waals surface area contributed by atoms with Crippen molar-refractivity contribution in [1.82, 2.24) is 15.0 Å². The number of H-pyrrole nitrogens is 1. The predicted octanol–water partition coefficient (Wildman–Crippen LogP) is 4.44. The highest BCUT2D eigenvalue weighted by Gasteiger charge is 2.09. The molecule has 0 aliphatic rings. The molecule has 3 rings (SSSR count). The summed E-state index contributed by atoms with van der Waals surface area (Å²) < 4.78 is 1.20. The molecule has 0 radical (unpaired) electrons. The molecule has 0 atom stereocenters. The third-order valence-corrected chi connectivity index (χ3v) is 4.01. The van der Waals surface area contributed by atoms with Gasteiger partial charge in [-0.3, -0.25) is 0 Å². The zero-order chi connectivity index (χ0) is 14.8.